The number of rotatable bonds is 5. The van der Waals surface area contributed by atoms with Gasteiger partial charge in [0.05, 0.1) is 24.2 Å². The first-order valence-corrected chi connectivity index (χ1v) is 7.82. The molecule has 0 spiro atoms. The van der Waals surface area contributed by atoms with Crippen LogP contribution in [0.25, 0.3) is 11.0 Å². The van der Waals surface area contributed by atoms with Gasteiger partial charge in [-0.1, -0.05) is 0 Å². The van der Waals surface area contributed by atoms with Gasteiger partial charge in [0.25, 0.3) is 0 Å². The zero-order chi connectivity index (χ0) is 14.7. The van der Waals surface area contributed by atoms with E-state index >= 15 is 0 Å². The van der Waals surface area contributed by atoms with Crippen LogP contribution < -0.4 is 0 Å². The molecule has 0 aliphatic carbocycles. The fraction of sp³-hybridized carbons (Fsp3) is 0.533. The summed E-state index contributed by atoms with van der Waals surface area (Å²) < 4.78 is 21.0. The van der Waals surface area contributed by atoms with Gasteiger partial charge in [-0.05, 0) is 18.2 Å². The molecule has 1 saturated heterocycles. The number of imidazole rings is 1. The molecule has 1 aromatic heterocycles. The minimum atomic E-state index is -0.229. The normalized spacial score (nSPS) is 16.7. The predicted molar refractivity (Wildman–Crippen MR) is 81.4 cm³/mol. The van der Waals surface area contributed by atoms with E-state index in [4.69, 9.17) is 16.3 Å². The third-order valence-corrected chi connectivity index (χ3v) is 4.04. The Morgan fingerprint density at radius 1 is 1.24 bits per heavy atom. The standard InChI is InChI=1S/C15H19ClFN3O/c16-4-3-15-18-13-2-1-12(17)11-14(13)20(15)6-5-19-7-9-21-10-8-19/h1-2,11H,3-10H2. The van der Waals surface area contributed by atoms with Gasteiger partial charge in [-0.25, -0.2) is 9.37 Å². The maximum Gasteiger partial charge on any atom is 0.125 e. The number of nitrogens with zero attached hydrogens (tertiary/aromatic N) is 3. The fourth-order valence-corrected chi connectivity index (χ4v) is 2.91. The maximum atomic E-state index is 13.5. The van der Waals surface area contributed by atoms with Crippen LogP contribution in [0.1, 0.15) is 5.82 Å². The Hall–Kier alpha value is -1.17. The highest BCUT2D eigenvalue weighted by Crippen LogP contribution is 2.18. The van der Waals surface area contributed by atoms with E-state index in [0.29, 0.717) is 12.3 Å². The summed E-state index contributed by atoms with van der Waals surface area (Å²) in [6.07, 6.45) is 0.695. The lowest BCUT2D eigenvalue weighted by atomic mass is 10.3. The molecular weight excluding hydrogens is 293 g/mol. The highest BCUT2D eigenvalue weighted by molar-refractivity contribution is 6.17. The van der Waals surface area contributed by atoms with E-state index in [-0.39, 0.29) is 5.82 Å². The Kier molecular flexibility index (Phi) is 4.73. The molecule has 0 radical (unpaired) electrons. The van der Waals surface area contributed by atoms with Gasteiger partial charge < -0.3 is 9.30 Å². The molecule has 114 valence electrons. The first-order chi connectivity index (χ1) is 10.3. The molecule has 0 atom stereocenters. The number of aromatic nitrogens is 2. The number of hydrogen-bond donors (Lipinski definition) is 0. The molecule has 6 heteroatoms. The lowest BCUT2D eigenvalue weighted by Gasteiger charge is -2.27. The summed E-state index contributed by atoms with van der Waals surface area (Å²) >= 11 is 5.86. The molecule has 1 fully saturated rings. The Balaban J connectivity index is 1.83. The zero-order valence-electron chi connectivity index (χ0n) is 11.9. The second-order valence-corrected chi connectivity index (χ2v) is 5.58. The molecule has 1 aliphatic heterocycles. The van der Waals surface area contributed by atoms with E-state index < -0.39 is 0 Å². The fourth-order valence-electron chi connectivity index (χ4n) is 2.74. The van der Waals surface area contributed by atoms with E-state index in [1.807, 2.05) is 0 Å². The van der Waals surface area contributed by atoms with Gasteiger partial charge >= 0.3 is 0 Å². The molecule has 21 heavy (non-hydrogen) atoms. The largest absolute Gasteiger partial charge is 0.379 e. The van der Waals surface area contributed by atoms with Gasteiger partial charge in [-0.2, -0.15) is 0 Å². The monoisotopic (exact) mass is 311 g/mol. The van der Waals surface area contributed by atoms with Gasteiger partial charge in [0.1, 0.15) is 11.6 Å². The molecule has 4 nitrogen and oxygen atoms in total. The Labute approximate surface area is 128 Å². The molecule has 2 aromatic rings. The quantitative estimate of drug-likeness (QED) is 0.794. The highest BCUT2D eigenvalue weighted by Gasteiger charge is 2.14. The van der Waals surface area contributed by atoms with Crippen LogP contribution in [0.15, 0.2) is 18.2 Å². The summed E-state index contributed by atoms with van der Waals surface area (Å²) in [5.74, 6) is 1.22. The van der Waals surface area contributed by atoms with E-state index in [1.165, 1.54) is 6.07 Å². The van der Waals surface area contributed by atoms with Crippen molar-refractivity contribution in [1.82, 2.24) is 14.5 Å². The van der Waals surface area contributed by atoms with E-state index in [9.17, 15) is 4.39 Å². The van der Waals surface area contributed by atoms with Crippen molar-refractivity contribution in [1.29, 1.82) is 0 Å². The molecule has 0 amide bonds. The minimum Gasteiger partial charge on any atom is -0.379 e. The van der Waals surface area contributed by atoms with E-state index in [0.717, 1.165) is 56.3 Å². The molecule has 2 heterocycles. The second-order valence-electron chi connectivity index (χ2n) is 5.21. The van der Waals surface area contributed by atoms with Crippen LogP contribution in [0.2, 0.25) is 0 Å². The smallest absolute Gasteiger partial charge is 0.125 e. The maximum absolute atomic E-state index is 13.5. The number of fused-ring (bicyclic) bond motifs is 1. The van der Waals surface area contributed by atoms with Gasteiger partial charge in [0.15, 0.2) is 0 Å². The molecular formula is C15H19ClFN3O. The summed E-state index contributed by atoms with van der Waals surface area (Å²) in [5.41, 5.74) is 1.68. The Bertz CT molecular complexity index is 610. The van der Waals surface area contributed by atoms with Crippen LogP contribution >= 0.6 is 11.6 Å². The molecule has 0 unspecified atom stereocenters. The average Bonchev–Trinajstić information content (AvgIpc) is 2.83. The highest BCUT2D eigenvalue weighted by atomic mass is 35.5. The van der Waals surface area contributed by atoms with Gasteiger partial charge in [0.2, 0.25) is 0 Å². The minimum absolute atomic E-state index is 0.229. The third-order valence-electron chi connectivity index (χ3n) is 3.85. The molecule has 0 N–H and O–H groups in total. The predicted octanol–water partition coefficient (Wildman–Crippen LogP) is 2.29. The van der Waals surface area contributed by atoms with Crippen LogP contribution in [0.3, 0.4) is 0 Å². The van der Waals surface area contributed by atoms with Crippen molar-refractivity contribution in [3.63, 3.8) is 0 Å². The average molecular weight is 312 g/mol. The van der Waals surface area contributed by atoms with Crippen LogP contribution in [0.4, 0.5) is 4.39 Å². The number of benzene rings is 1. The van der Waals surface area contributed by atoms with Crippen molar-refractivity contribution >= 4 is 22.6 Å². The zero-order valence-corrected chi connectivity index (χ0v) is 12.7. The summed E-state index contributed by atoms with van der Waals surface area (Å²) in [6, 6.07) is 4.74. The summed E-state index contributed by atoms with van der Waals surface area (Å²) in [5, 5.41) is 0. The topological polar surface area (TPSA) is 30.3 Å². The van der Waals surface area contributed by atoms with Crippen LogP contribution in [0.5, 0.6) is 0 Å². The summed E-state index contributed by atoms with van der Waals surface area (Å²) in [4.78, 5) is 6.94. The third kappa shape index (κ3) is 3.36. The molecule has 0 bridgehead atoms. The summed E-state index contributed by atoms with van der Waals surface area (Å²) in [7, 11) is 0. The van der Waals surface area contributed by atoms with Crippen LogP contribution in [-0.4, -0.2) is 53.2 Å². The first kappa shape index (κ1) is 14.8. The number of ether oxygens (including phenoxy) is 1. The van der Waals surface area contributed by atoms with Crippen molar-refractivity contribution in [3.05, 3.63) is 29.8 Å². The van der Waals surface area contributed by atoms with Crippen LogP contribution in [0, 0.1) is 5.82 Å². The van der Waals surface area contributed by atoms with Gasteiger partial charge in [-0.3, -0.25) is 4.90 Å². The van der Waals surface area contributed by atoms with Gasteiger partial charge in [0, 0.05) is 38.5 Å². The SMILES string of the molecule is Fc1ccc2nc(CCCl)n(CCN3CCOCC3)c2c1. The number of aryl methyl sites for hydroxylation is 1. The number of morpholine rings is 1. The lowest BCUT2D eigenvalue weighted by Crippen LogP contribution is -2.38. The number of alkyl halides is 1. The molecule has 0 saturated carbocycles. The van der Waals surface area contributed by atoms with Crippen molar-refractivity contribution in [2.24, 2.45) is 0 Å². The van der Waals surface area contributed by atoms with Crippen LogP contribution in [-0.2, 0) is 17.7 Å². The van der Waals surface area contributed by atoms with Crippen molar-refractivity contribution in [2.45, 2.75) is 13.0 Å². The summed E-state index contributed by atoms with van der Waals surface area (Å²) in [6.45, 7) is 5.19. The Morgan fingerprint density at radius 2 is 2.05 bits per heavy atom. The van der Waals surface area contributed by atoms with Crippen molar-refractivity contribution in [3.8, 4) is 0 Å². The van der Waals surface area contributed by atoms with Crippen molar-refractivity contribution < 1.29 is 9.13 Å². The second kappa shape index (κ2) is 6.73. The van der Waals surface area contributed by atoms with E-state index in [1.54, 1.807) is 12.1 Å². The lowest BCUT2D eigenvalue weighted by molar-refractivity contribution is 0.0364. The molecule has 3 rings (SSSR count). The Morgan fingerprint density at radius 3 is 2.81 bits per heavy atom. The molecule has 1 aliphatic rings. The molecule has 1 aromatic carbocycles. The number of halogens is 2. The first-order valence-electron chi connectivity index (χ1n) is 7.28. The van der Waals surface area contributed by atoms with E-state index in [2.05, 4.69) is 14.5 Å². The number of hydrogen-bond acceptors (Lipinski definition) is 3. The van der Waals surface area contributed by atoms with Gasteiger partial charge in [-0.15, -0.1) is 11.6 Å². The van der Waals surface area contributed by atoms with Crippen molar-refractivity contribution in [2.75, 3.05) is 38.7 Å².